The molecular formula is C17H33NO2. The molecule has 0 aromatic heterocycles. The summed E-state index contributed by atoms with van der Waals surface area (Å²) in [5, 5.41) is 3.74. The highest BCUT2D eigenvalue weighted by Crippen LogP contribution is 2.54. The Morgan fingerprint density at radius 3 is 2.55 bits per heavy atom. The molecule has 118 valence electrons. The SMILES string of the molecule is CCCNC1CC(OCCC(C)(C)OC)C12CCCC2. The number of methoxy groups -OCH3 is 1. The molecule has 0 bridgehead atoms. The van der Waals surface area contributed by atoms with Crippen molar-refractivity contribution in [3.05, 3.63) is 0 Å². The summed E-state index contributed by atoms with van der Waals surface area (Å²) >= 11 is 0. The van der Waals surface area contributed by atoms with Gasteiger partial charge in [0.2, 0.25) is 0 Å². The first-order valence-electron chi connectivity index (χ1n) is 8.44. The van der Waals surface area contributed by atoms with Crippen LogP contribution in [0, 0.1) is 5.41 Å². The average Bonchev–Trinajstić information content (AvgIpc) is 2.93. The summed E-state index contributed by atoms with van der Waals surface area (Å²) in [5.74, 6) is 0. The molecule has 1 N–H and O–H groups in total. The monoisotopic (exact) mass is 283 g/mol. The number of hydrogen-bond donors (Lipinski definition) is 1. The fraction of sp³-hybridized carbons (Fsp3) is 1.00. The molecule has 2 fully saturated rings. The van der Waals surface area contributed by atoms with Crippen LogP contribution in [-0.4, -0.2) is 38.0 Å². The molecule has 0 saturated heterocycles. The Kier molecular flexibility index (Phi) is 5.49. The molecule has 3 heteroatoms. The van der Waals surface area contributed by atoms with Gasteiger partial charge in [0, 0.05) is 25.2 Å². The smallest absolute Gasteiger partial charge is 0.0661 e. The van der Waals surface area contributed by atoms with Gasteiger partial charge < -0.3 is 14.8 Å². The van der Waals surface area contributed by atoms with Crippen LogP contribution in [0.3, 0.4) is 0 Å². The van der Waals surface area contributed by atoms with Gasteiger partial charge in [-0.25, -0.2) is 0 Å². The van der Waals surface area contributed by atoms with E-state index in [0.29, 0.717) is 17.6 Å². The molecule has 20 heavy (non-hydrogen) atoms. The molecule has 0 aliphatic heterocycles. The van der Waals surface area contributed by atoms with Gasteiger partial charge in [0.15, 0.2) is 0 Å². The van der Waals surface area contributed by atoms with Gasteiger partial charge in [0.25, 0.3) is 0 Å². The van der Waals surface area contributed by atoms with E-state index in [1.165, 1.54) is 38.5 Å². The molecule has 2 saturated carbocycles. The van der Waals surface area contributed by atoms with Crippen LogP contribution < -0.4 is 5.32 Å². The third kappa shape index (κ3) is 3.37. The molecule has 2 aliphatic carbocycles. The van der Waals surface area contributed by atoms with Crippen LogP contribution in [-0.2, 0) is 9.47 Å². The van der Waals surface area contributed by atoms with Gasteiger partial charge in [0.1, 0.15) is 0 Å². The highest BCUT2D eigenvalue weighted by molar-refractivity contribution is 5.09. The largest absolute Gasteiger partial charge is 0.379 e. The van der Waals surface area contributed by atoms with Crippen molar-refractivity contribution in [2.75, 3.05) is 20.3 Å². The zero-order chi connectivity index (χ0) is 14.6. The Morgan fingerprint density at radius 1 is 1.25 bits per heavy atom. The fourth-order valence-electron chi connectivity index (χ4n) is 3.84. The third-order valence-electron chi connectivity index (χ3n) is 5.54. The minimum atomic E-state index is -0.0630. The predicted molar refractivity (Wildman–Crippen MR) is 83.0 cm³/mol. The van der Waals surface area contributed by atoms with E-state index in [-0.39, 0.29) is 5.60 Å². The van der Waals surface area contributed by atoms with Gasteiger partial charge in [-0.15, -0.1) is 0 Å². The molecule has 0 amide bonds. The Bertz CT molecular complexity index is 297. The van der Waals surface area contributed by atoms with Crippen LogP contribution in [0.15, 0.2) is 0 Å². The molecule has 2 atom stereocenters. The lowest BCUT2D eigenvalue weighted by Crippen LogP contribution is -2.62. The number of rotatable bonds is 8. The minimum Gasteiger partial charge on any atom is -0.379 e. The van der Waals surface area contributed by atoms with E-state index in [4.69, 9.17) is 9.47 Å². The van der Waals surface area contributed by atoms with E-state index >= 15 is 0 Å². The second-order valence-electron chi connectivity index (χ2n) is 7.26. The normalized spacial score (nSPS) is 28.8. The van der Waals surface area contributed by atoms with Gasteiger partial charge in [-0.05, 0) is 52.5 Å². The highest BCUT2D eigenvalue weighted by Gasteiger charge is 2.56. The van der Waals surface area contributed by atoms with Crippen molar-refractivity contribution < 1.29 is 9.47 Å². The lowest BCUT2D eigenvalue weighted by Gasteiger charge is -2.54. The Hall–Kier alpha value is -0.120. The van der Waals surface area contributed by atoms with Crippen LogP contribution in [0.4, 0.5) is 0 Å². The summed E-state index contributed by atoms with van der Waals surface area (Å²) in [5.41, 5.74) is 0.388. The summed E-state index contributed by atoms with van der Waals surface area (Å²) in [4.78, 5) is 0. The van der Waals surface area contributed by atoms with Gasteiger partial charge in [-0.1, -0.05) is 19.8 Å². The van der Waals surface area contributed by atoms with Crippen molar-refractivity contribution in [2.45, 2.75) is 83.5 Å². The second kappa shape index (κ2) is 6.76. The van der Waals surface area contributed by atoms with Crippen molar-refractivity contribution >= 4 is 0 Å². The maximum atomic E-state index is 6.24. The molecule has 0 radical (unpaired) electrons. The van der Waals surface area contributed by atoms with Crippen molar-refractivity contribution in [2.24, 2.45) is 5.41 Å². The van der Waals surface area contributed by atoms with E-state index < -0.39 is 0 Å². The molecule has 2 unspecified atom stereocenters. The maximum absolute atomic E-state index is 6.24. The van der Waals surface area contributed by atoms with Crippen LogP contribution >= 0.6 is 0 Å². The van der Waals surface area contributed by atoms with Gasteiger partial charge in [0.05, 0.1) is 11.7 Å². The molecule has 2 aliphatic rings. The Labute approximate surface area is 124 Å². The maximum Gasteiger partial charge on any atom is 0.0661 e. The fourth-order valence-corrected chi connectivity index (χ4v) is 3.84. The van der Waals surface area contributed by atoms with Gasteiger partial charge in [-0.3, -0.25) is 0 Å². The third-order valence-corrected chi connectivity index (χ3v) is 5.54. The molecule has 0 aromatic rings. The summed E-state index contributed by atoms with van der Waals surface area (Å²) in [6, 6.07) is 0.699. The first kappa shape index (κ1) is 16.3. The van der Waals surface area contributed by atoms with E-state index in [0.717, 1.165) is 19.6 Å². The first-order chi connectivity index (χ1) is 9.54. The van der Waals surface area contributed by atoms with E-state index in [2.05, 4.69) is 26.1 Å². The van der Waals surface area contributed by atoms with Crippen molar-refractivity contribution in [3.8, 4) is 0 Å². The summed E-state index contributed by atoms with van der Waals surface area (Å²) in [6.07, 6.45) is 9.35. The molecule has 2 rings (SSSR count). The topological polar surface area (TPSA) is 30.5 Å². The lowest BCUT2D eigenvalue weighted by molar-refractivity contribution is -0.142. The van der Waals surface area contributed by atoms with Crippen LogP contribution in [0.2, 0.25) is 0 Å². The van der Waals surface area contributed by atoms with E-state index in [9.17, 15) is 0 Å². The van der Waals surface area contributed by atoms with Crippen molar-refractivity contribution in [1.82, 2.24) is 5.32 Å². The van der Waals surface area contributed by atoms with Crippen molar-refractivity contribution in [3.63, 3.8) is 0 Å². The highest BCUT2D eigenvalue weighted by atomic mass is 16.5. The molecule has 1 spiro atoms. The number of ether oxygens (including phenoxy) is 2. The molecule has 3 nitrogen and oxygen atoms in total. The standard InChI is InChI=1S/C17H33NO2/c1-5-11-18-14-13-15(17(14)8-6-7-9-17)20-12-10-16(2,3)19-4/h14-15,18H,5-13H2,1-4H3. The zero-order valence-electron chi connectivity index (χ0n) is 13.8. The number of hydrogen-bond acceptors (Lipinski definition) is 3. The molecular weight excluding hydrogens is 250 g/mol. The number of nitrogens with one attached hydrogen (secondary N) is 1. The second-order valence-corrected chi connectivity index (χ2v) is 7.26. The average molecular weight is 283 g/mol. The zero-order valence-corrected chi connectivity index (χ0v) is 13.8. The van der Waals surface area contributed by atoms with Crippen LogP contribution in [0.25, 0.3) is 0 Å². The lowest BCUT2D eigenvalue weighted by atomic mass is 9.60. The summed E-state index contributed by atoms with van der Waals surface area (Å²) in [7, 11) is 1.78. The molecule has 0 heterocycles. The Balaban J connectivity index is 1.80. The van der Waals surface area contributed by atoms with Crippen LogP contribution in [0.5, 0.6) is 0 Å². The van der Waals surface area contributed by atoms with Crippen molar-refractivity contribution in [1.29, 1.82) is 0 Å². The Morgan fingerprint density at radius 2 is 1.95 bits per heavy atom. The summed E-state index contributed by atoms with van der Waals surface area (Å²) < 4.78 is 11.7. The molecule has 0 aromatic carbocycles. The quantitative estimate of drug-likeness (QED) is 0.739. The first-order valence-corrected chi connectivity index (χ1v) is 8.44. The van der Waals surface area contributed by atoms with E-state index in [1.807, 2.05) is 0 Å². The van der Waals surface area contributed by atoms with E-state index in [1.54, 1.807) is 7.11 Å². The summed E-state index contributed by atoms with van der Waals surface area (Å²) in [6.45, 7) is 8.49. The van der Waals surface area contributed by atoms with Gasteiger partial charge in [-0.2, -0.15) is 0 Å². The van der Waals surface area contributed by atoms with Gasteiger partial charge >= 0.3 is 0 Å². The van der Waals surface area contributed by atoms with Crippen LogP contribution in [0.1, 0.15) is 65.7 Å². The predicted octanol–water partition coefficient (Wildman–Crippen LogP) is 3.52. The minimum absolute atomic E-state index is 0.0630.